The van der Waals surface area contributed by atoms with E-state index in [1.807, 2.05) is 6.92 Å². The monoisotopic (exact) mass is 168 g/mol. The molecule has 0 bridgehead atoms. The highest BCUT2D eigenvalue weighted by Gasteiger charge is 2.35. The Kier molecular flexibility index (Phi) is 2.05. The third-order valence-corrected chi connectivity index (χ3v) is 2.38. The summed E-state index contributed by atoms with van der Waals surface area (Å²) in [5, 5.41) is 0. The first-order valence-electron chi connectivity index (χ1n) is 4.71. The molecule has 0 amide bonds. The standard InChI is InChI=1S/C9H16N2O/c1-6(10)4-9-11-5-8(12-9)7-2-3-7/h6-8H,2-5,10H2,1H3. The van der Waals surface area contributed by atoms with Crippen LogP contribution in [0.5, 0.6) is 0 Å². The van der Waals surface area contributed by atoms with Crippen molar-refractivity contribution in [1.29, 1.82) is 0 Å². The lowest BCUT2D eigenvalue weighted by Gasteiger charge is -2.10. The number of hydrogen-bond acceptors (Lipinski definition) is 3. The molecule has 0 radical (unpaired) electrons. The number of ether oxygens (including phenoxy) is 1. The van der Waals surface area contributed by atoms with E-state index in [0.29, 0.717) is 6.10 Å². The summed E-state index contributed by atoms with van der Waals surface area (Å²) in [6.07, 6.45) is 3.83. The van der Waals surface area contributed by atoms with Gasteiger partial charge in [0.05, 0.1) is 6.54 Å². The lowest BCUT2D eigenvalue weighted by molar-refractivity contribution is 0.194. The number of aliphatic imine (C=N–C) groups is 1. The van der Waals surface area contributed by atoms with Gasteiger partial charge in [0.15, 0.2) is 5.90 Å². The molecule has 1 saturated carbocycles. The van der Waals surface area contributed by atoms with Crippen LogP contribution >= 0.6 is 0 Å². The van der Waals surface area contributed by atoms with Gasteiger partial charge in [-0.2, -0.15) is 0 Å². The van der Waals surface area contributed by atoms with Crippen molar-refractivity contribution in [3.63, 3.8) is 0 Å². The largest absolute Gasteiger partial charge is 0.475 e. The maximum atomic E-state index is 5.67. The fraction of sp³-hybridized carbons (Fsp3) is 0.889. The van der Waals surface area contributed by atoms with Crippen LogP contribution in [0.15, 0.2) is 4.99 Å². The van der Waals surface area contributed by atoms with Crippen molar-refractivity contribution < 1.29 is 4.74 Å². The van der Waals surface area contributed by atoms with E-state index in [-0.39, 0.29) is 6.04 Å². The molecule has 0 saturated heterocycles. The van der Waals surface area contributed by atoms with E-state index < -0.39 is 0 Å². The second-order valence-electron chi connectivity index (χ2n) is 3.91. The number of rotatable bonds is 3. The number of hydrogen-bond donors (Lipinski definition) is 1. The van der Waals surface area contributed by atoms with Crippen LogP contribution in [0.1, 0.15) is 26.2 Å². The fourth-order valence-corrected chi connectivity index (χ4v) is 1.54. The van der Waals surface area contributed by atoms with Crippen molar-refractivity contribution in [2.75, 3.05) is 6.54 Å². The van der Waals surface area contributed by atoms with Crippen LogP contribution in [-0.2, 0) is 4.74 Å². The summed E-state index contributed by atoms with van der Waals surface area (Å²) < 4.78 is 5.67. The van der Waals surface area contributed by atoms with Crippen LogP contribution in [0.25, 0.3) is 0 Å². The van der Waals surface area contributed by atoms with Gasteiger partial charge in [-0.3, -0.25) is 4.99 Å². The Morgan fingerprint density at radius 2 is 2.42 bits per heavy atom. The molecule has 2 unspecified atom stereocenters. The van der Waals surface area contributed by atoms with Crippen molar-refractivity contribution in [3.8, 4) is 0 Å². The summed E-state index contributed by atoms with van der Waals surface area (Å²) in [6, 6.07) is 0.168. The molecule has 12 heavy (non-hydrogen) atoms. The molecule has 1 aliphatic carbocycles. The Morgan fingerprint density at radius 1 is 1.67 bits per heavy atom. The van der Waals surface area contributed by atoms with Gasteiger partial charge in [-0.15, -0.1) is 0 Å². The lowest BCUT2D eigenvalue weighted by atomic mass is 10.2. The average Bonchev–Trinajstić information content (AvgIpc) is 2.73. The molecule has 2 N–H and O–H groups in total. The SMILES string of the molecule is CC(N)CC1=NCC(C2CC2)O1. The van der Waals surface area contributed by atoms with Crippen LogP contribution in [0.2, 0.25) is 0 Å². The van der Waals surface area contributed by atoms with Crippen molar-refractivity contribution in [1.82, 2.24) is 0 Å². The van der Waals surface area contributed by atoms with Gasteiger partial charge in [-0.05, 0) is 25.7 Å². The van der Waals surface area contributed by atoms with Gasteiger partial charge in [0, 0.05) is 12.5 Å². The first-order chi connectivity index (χ1) is 5.75. The number of nitrogens with zero attached hydrogens (tertiary/aromatic N) is 1. The summed E-state index contributed by atoms with van der Waals surface area (Å²) in [5.74, 6) is 1.67. The highest BCUT2D eigenvalue weighted by atomic mass is 16.5. The smallest absolute Gasteiger partial charge is 0.185 e. The van der Waals surface area contributed by atoms with Gasteiger partial charge in [-0.1, -0.05) is 0 Å². The van der Waals surface area contributed by atoms with Crippen LogP contribution in [0.4, 0.5) is 0 Å². The molecule has 68 valence electrons. The summed E-state index contributed by atoms with van der Waals surface area (Å²) in [4.78, 5) is 4.33. The van der Waals surface area contributed by atoms with Crippen molar-refractivity contribution in [2.45, 2.75) is 38.3 Å². The molecule has 0 spiro atoms. The fourth-order valence-electron chi connectivity index (χ4n) is 1.54. The minimum Gasteiger partial charge on any atom is -0.475 e. The van der Waals surface area contributed by atoms with Gasteiger partial charge in [-0.25, -0.2) is 0 Å². The van der Waals surface area contributed by atoms with Gasteiger partial charge >= 0.3 is 0 Å². The summed E-state index contributed by atoms with van der Waals surface area (Å²) in [5.41, 5.74) is 5.65. The molecule has 3 heteroatoms. The third-order valence-electron chi connectivity index (χ3n) is 2.38. The van der Waals surface area contributed by atoms with E-state index >= 15 is 0 Å². The summed E-state index contributed by atoms with van der Waals surface area (Å²) in [7, 11) is 0. The molecular weight excluding hydrogens is 152 g/mol. The zero-order chi connectivity index (χ0) is 8.55. The molecule has 0 aromatic carbocycles. The second kappa shape index (κ2) is 3.05. The zero-order valence-electron chi connectivity index (χ0n) is 7.49. The van der Waals surface area contributed by atoms with Crippen LogP contribution < -0.4 is 5.73 Å². The second-order valence-corrected chi connectivity index (χ2v) is 3.91. The van der Waals surface area contributed by atoms with Crippen molar-refractivity contribution >= 4 is 5.90 Å². The summed E-state index contributed by atoms with van der Waals surface area (Å²) in [6.45, 7) is 2.85. The first-order valence-corrected chi connectivity index (χ1v) is 4.71. The molecule has 0 aromatic heterocycles. The van der Waals surface area contributed by atoms with E-state index in [4.69, 9.17) is 10.5 Å². The predicted molar refractivity (Wildman–Crippen MR) is 48.2 cm³/mol. The summed E-state index contributed by atoms with van der Waals surface area (Å²) >= 11 is 0. The van der Waals surface area contributed by atoms with Crippen LogP contribution in [0.3, 0.4) is 0 Å². The normalized spacial score (nSPS) is 31.2. The van der Waals surface area contributed by atoms with E-state index in [1.165, 1.54) is 12.8 Å². The molecule has 1 fully saturated rings. The maximum absolute atomic E-state index is 5.67. The molecule has 2 rings (SSSR count). The van der Waals surface area contributed by atoms with Gasteiger partial charge in [0.25, 0.3) is 0 Å². The van der Waals surface area contributed by atoms with Crippen LogP contribution in [0, 0.1) is 5.92 Å². The van der Waals surface area contributed by atoms with Crippen molar-refractivity contribution in [2.24, 2.45) is 16.6 Å². The highest BCUT2D eigenvalue weighted by Crippen LogP contribution is 2.36. The van der Waals surface area contributed by atoms with E-state index in [0.717, 1.165) is 24.8 Å². The van der Waals surface area contributed by atoms with Gasteiger partial charge < -0.3 is 10.5 Å². The Bertz CT molecular complexity index is 197. The predicted octanol–water partition coefficient (Wildman–Crippen LogP) is 0.931. The highest BCUT2D eigenvalue weighted by molar-refractivity contribution is 5.78. The van der Waals surface area contributed by atoms with E-state index in [2.05, 4.69) is 4.99 Å². The Labute approximate surface area is 73.0 Å². The molecule has 2 aliphatic rings. The maximum Gasteiger partial charge on any atom is 0.185 e. The minimum atomic E-state index is 0.168. The van der Waals surface area contributed by atoms with Crippen molar-refractivity contribution in [3.05, 3.63) is 0 Å². The van der Waals surface area contributed by atoms with Gasteiger partial charge in [0.2, 0.25) is 0 Å². The molecular formula is C9H16N2O. The zero-order valence-corrected chi connectivity index (χ0v) is 7.49. The van der Waals surface area contributed by atoms with E-state index in [1.54, 1.807) is 0 Å². The molecule has 1 aliphatic heterocycles. The molecule has 1 heterocycles. The topological polar surface area (TPSA) is 47.6 Å². The number of nitrogens with two attached hydrogens (primary N) is 1. The Hall–Kier alpha value is -0.570. The molecule has 0 aromatic rings. The quantitative estimate of drug-likeness (QED) is 0.681. The average molecular weight is 168 g/mol. The molecule has 3 nitrogen and oxygen atoms in total. The Morgan fingerprint density at radius 3 is 3.00 bits per heavy atom. The molecule has 2 atom stereocenters. The van der Waals surface area contributed by atoms with Crippen LogP contribution in [-0.4, -0.2) is 24.6 Å². The Balaban J connectivity index is 1.79. The van der Waals surface area contributed by atoms with E-state index in [9.17, 15) is 0 Å². The third kappa shape index (κ3) is 1.78. The minimum absolute atomic E-state index is 0.168. The first kappa shape index (κ1) is 8.05. The van der Waals surface area contributed by atoms with Gasteiger partial charge in [0.1, 0.15) is 6.10 Å². The lowest BCUT2D eigenvalue weighted by Crippen LogP contribution is -2.22.